The zero-order chi connectivity index (χ0) is 14.6. The Bertz CT molecular complexity index is 444. The standard InChI is InChI=1S/C13H17Cl3N2O/c1-8(2)17-12(13(14,15)16)18-11(19)10-6-4-5-9(3)7-10/h4-8,12,17H,1-3H3,(H,18,19). The molecule has 1 unspecified atom stereocenters. The van der Waals surface area contributed by atoms with E-state index >= 15 is 0 Å². The van der Waals surface area contributed by atoms with Crippen molar-refractivity contribution in [2.45, 2.75) is 36.8 Å². The lowest BCUT2D eigenvalue weighted by atomic mass is 10.1. The highest BCUT2D eigenvalue weighted by molar-refractivity contribution is 6.68. The summed E-state index contributed by atoms with van der Waals surface area (Å²) < 4.78 is -1.62. The number of alkyl halides is 3. The molecular formula is C13H17Cl3N2O. The molecule has 1 atom stereocenters. The molecule has 0 bridgehead atoms. The number of hydrogen-bond donors (Lipinski definition) is 2. The van der Waals surface area contributed by atoms with Gasteiger partial charge in [0.25, 0.3) is 5.91 Å². The first-order valence-electron chi connectivity index (χ1n) is 5.90. The molecule has 0 aliphatic carbocycles. The van der Waals surface area contributed by atoms with Gasteiger partial charge in [-0.3, -0.25) is 10.1 Å². The van der Waals surface area contributed by atoms with Crippen molar-refractivity contribution >= 4 is 40.7 Å². The number of hydrogen-bond acceptors (Lipinski definition) is 2. The van der Waals surface area contributed by atoms with E-state index < -0.39 is 9.96 Å². The normalized spacial score (nSPS) is 13.4. The van der Waals surface area contributed by atoms with Crippen LogP contribution in [-0.4, -0.2) is 21.9 Å². The van der Waals surface area contributed by atoms with Crippen molar-refractivity contribution in [2.24, 2.45) is 0 Å². The van der Waals surface area contributed by atoms with Gasteiger partial charge >= 0.3 is 0 Å². The van der Waals surface area contributed by atoms with E-state index in [-0.39, 0.29) is 11.9 Å². The van der Waals surface area contributed by atoms with Gasteiger partial charge in [-0.25, -0.2) is 0 Å². The molecule has 2 N–H and O–H groups in total. The van der Waals surface area contributed by atoms with Gasteiger partial charge in [-0.1, -0.05) is 52.5 Å². The molecule has 0 heterocycles. The SMILES string of the molecule is Cc1cccc(C(=O)NC(NC(C)C)C(Cl)(Cl)Cl)c1. The summed E-state index contributed by atoms with van der Waals surface area (Å²) in [5.74, 6) is -0.284. The van der Waals surface area contributed by atoms with Crippen LogP contribution < -0.4 is 10.6 Å². The molecule has 0 radical (unpaired) electrons. The molecule has 0 aliphatic rings. The van der Waals surface area contributed by atoms with Crippen molar-refractivity contribution in [1.29, 1.82) is 0 Å². The minimum atomic E-state index is -1.62. The van der Waals surface area contributed by atoms with Crippen molar-refractivity contribution in [3.8, 4) is 0 Å². The average Bonchev–Trinajstić information content (AvgIpc) is 2.26. The van der Waals surface area contributed by atoms with E-state index in [0.717, 1.165) is 5.56 Å². The fourth-order valence-corrected chi connectivity index (χ4v) is 1.90. The fourth-order valence-electron chi connectivity index (χ4n) is 1.55. The number of halogens is 3. The molecule has 19 heavy (non-hydrogen) atoms. The number of benzene rings is 1. The van der Waals surface area contributed by atoms with Gasteiger partial charge in [-0.15, -0.1) is 0 Å². The second-order valence-electron chi connectivity index (χ2n) is 4.64. The second kappa shape index (κ2) is 6.80. The number of carbonyl (C=O) groups excluding carboxylic acids is 1. The largest absolute Gasteiger partial charge is 0.333 e. The smallest absolute Gasteiger partial charge is 0.252 e. The predicted octanol–water partition coefficient (Wildman–Crippen LogP) is 3.42. The van der Waals surface area contributed by atoms with Crippen LogP contribution in [0.5, 0.6) is 0 Å². The van der Waals surface area contributed by atoms with E-state index in [4.69, 9.17) is 34.8 Å². The molecule has 6 heteroatoms. The number of rotatable bonds is 4. The number of aryl methyl sites for hydroxylation is 1. The fraction of sp³-hybridized carbons (Fsp3) is 0.462. The summed E-state index contributed by atoms with van der Waals surface area (Å²) in [4.78, 5) is 12.1. The average molecular weight is 324 g/mol. The minimum absolute atomic E-state index is 0.0680. The highest BCUT2D eigenvalue weighted by Gasteiger charge is 2.34. The van der Waals surface area contributed by atoms with Gasteiger partial charge in [0.05, 0.1) is 0 Å². The maximum Gasteiger partial charge on any atom is 0.252 e. The lowest BCUT2D eigenvalue weighted by Crippen LogP contribution is -2.55. The van der Waals surface area contributed by atoms with Crippen LogP contribution in [0.1, 0.15) is 29.8 Å². The van der Waals surface area contributed by atoms with E-state index in [1.54, 1.807) is 12.1 Å². The van der Waals surface area contributed by atoms with Gasteiger partial charge in [0.15, 0.2) is 0 Å². The highest BCUT2D eigenvalue weighted by atomic mass is 35.6. The Morgan fingerprint density at radius 1 is 1.26 bits per heavy atom. The Hall–Kier alpha value is -0.480. The zero-order valence-electron chi connectivity index (χ0n) is 11.0. The molecule has 0 saturated carbocycles. The third-order valence-electron chi connectivity index (χ3n) is 2.38. The summed E-state index contributed by atoms with van der Waals surface area (Å²) >= 11 is 17.6. The number of nitrogens with one attached hydrogen (secondary N) is 2. The molecule has 0 aliphatic heterocycles. The van der Waals surface area contributed by atoms with E-state index in [2.05, 4.69) is 10.6 Å². The summed E-state index contributed by atoms with van der Waals surface area (Å²) in [5.41, 5.74) is 1.53. The zero-order valence-corrected chi connectivity index (χ0v) is 13.3. The van der Waals surface area contributed by atoms with Gasteiger partial charge < -0.3 is 5.32 Å². The van der Waals surface area contributed by atoms with E-state index in [9.17, 15) is 4.79 Å². The maximum atomic E-state index is 12.1. The molecule has 0 spiro atoms. The Morgan fingerprint density at radius 2 is 1.89 bits per heavy atom. The van der Waals surface area contributed by atoms with Gasteiger partial charge in [-0.2, -0.15) is 0 Å². The summed E-state index contributed by atoms with van der Waals surface area (Å²) in [6, 6.07) is 7.28. The van der Waals surface area contributed by atoms with Crippen molar-refractivity contribution in [2.75, 3.05) is 0 Å². The molecule has 0 aromatic heterocycles. The number of amides is 1. The predicted molar refractivity (Wildman–Crippen MR) is 81.0 cm³/mol. The van der Waals surface area contributed by atoms with E-state index in [1.807, 2.05) is 32.9 Å². The Balaban J connectivity index is 2.82. The molecule has 1 amide bonds. The molecular weight excluding hydrogens is 307 g/mol. The third kappa shape index (κ3) is 5.57. The highest BCUT2D eigenvalue weighted by Crippen LogP contribution is 2.29. The molecule has 106 valence electrons. The van der Waals surface area contributed by atoms with E-state index in [1.165, 1.54) is 0 Å². The monoisotopic (exact) mass is 322 g/mol. The van der Waals surface area contributed by atoms with Crippen LogP contribution in [0, 0.1) is 6.92 Å². The van der Waals surface area contributed by atoms with Gasteiger partial charge in [0.2, 0.25) is 3.79 Å². The van der Waals surface area contributed by atoms with Crippen LogP contribution in [0.4, 0.5) is 0 Å². The Kier molecular flexibility index (Phi) is 5.93. The van der Waals surface area contributed by atoms with Crippen LogP contribution in [0.3, 0.4) is 0 Å². The summed E-state index contributed by atoms with van der Waals surface area (Å²) in [6.07, 6.45) is -0.759. The van der Waals surface area contributed by atoms with Crippen molar-refractivity contribution in [1.82, 2.24) is 10.6 Å². The third-order valence-corrected chi connectivity index (χ3v) is 3.04. The summed E-state index contributed by atoms with van der Waals surface area (Å²) in [6.45, 7) is 5.72. The van der Waals surface area contributed by atoms with Crippen molar-refractivity contribution < 1.29 is 4.79 Å². The molecule has 0 fully saturated rings. The van der Waals surface area contributed by atoms with Crippen molar-refractivity contribution in [3.63, 3.8) is 0 Å². The number of carbonyl (C=O) groups is 1. The summed E-state index contributed by atoms with van der Waals surface area (Å²) in [7, 11) is 0. The first-order chi connectivity index (χ1) is 8.70. The maximum absolute atomic E-state index is 12.1. The van der Waals surface area contributed by atoms with Gasteiger partial charge in [0.1, 0.15) is 6.17 Å². The van der Waals surface area contributed by atoms with Crippen LogP contribution in [-0.2, 0) is 0 Å². The quantitative estimate of drug-likeness (QED) is 0.658. The minimum Gasteiger partial charge on any atom is -0.333 e. The molecule has 0 saturated heterocycles. The first kappa shape index (κ1) is 16.6. The van der Waals surface area contributed by atoms with Crippen LogP contribution in [0.25, 0.3) is 0 Å². The summed E-state index contributed by atoms with van der Waals surface area (Å²) in [5, 5.41) is 5.69. The Morgan fingerprint density at radius 3 is 2.37 bits per heavy atom. The molecule has 1 rings (SSSR count). The lowest BCUT2D eigenvalue weighted by Gasteiger charge is -2.28. The van der Waals surface area contributed by atoms with Gasteiger partial charge in [0, 0.05) is 11.6 Å². The second-order valence-corrected chi connectivity index (χ2v) is 7.01. The van der Waals surface area contributed by atoms with Crippen molar-refractivity contribution in [3.05, 3.63) is 35.4 Å². The topological polar surface area (TPSA) is 41.1 Å². The molecule has 1 aromatic carbocycles. The molecule has 1 aromatic rings. The first-order valence-corrected chi connectivity index (χ1v) is 7.04. The lowest BCUT2D eigenvalue weighted by molar-refractivity contribution is 0.0927. The van der Waals surface area contributed by atoms with Gasteiger partial charge in [-0.05, 0) is 32.9 Å². The van der Waals surface area contributed by atoms with Crippen LogP contribution in [0.15, 0.2) is 24.3 Å². The molecule has 3 nitrogen and oxygen atoms in total. The van der Waals surface area contributed by atoms with Crippen LogP contribution in [0.2, 0.25) is 0 Å². The Labute approximate surface area is 128 Å². The van der Waals surface area contributed by atoms with Crippen LogP contribution >= 0.6 is 34.8 Å². The van der Waals surface area contributed by atoms with E-state index in [0.29, 0.717) is 5.56 Å².